The van der Waals surface area contributed by atoms with Gasteiger partial charge in [-0.25, -0.2) is 0 Å². The molecule has 0 bridgehead atoms. The summed E-state index contributed by atoms with van der Waals surface area (Å²) in [7, 11) is 0. The van der Waals surface area contributed by atoms with Crippen molar-refractivity contribution in [3.63, 3.8) is 0 Å². The van der Waals surface area contributed by atoms with Crippen LogP contribution in [0.5, 0.6) is 17.2 Å². The third kappa shape index (κ3) is 10.8. The molecule has 4 amide bonds. The fraction of sp³-hybridized carbons (Fsp3) is 0.542. The van der Waals surface area contributed by atoms with E-state index in [1.54, 1.807) is 0 Å². The van der Waals surface area contributed by atoms with E-state index in [4.69, 9.17) is 9.47 Å². The van der Waals surface area contributed by atoms with E-state index in [0.29, 0.717) is 57.3 Å². The van der Waals surface area contributed by atoms with Crippen molar-refractivity contribution in [2.45, 2.75) is 128 Å². The van der Waals surface area contributed by atoms with Crippen LogP contribution in [0.15, 0.2) is 72.8 Å². The summed E-state index contributed by atoms with van der Waals surface area (Å²) in [4.78, 5) is 59.1. The number of unbranched alkanes of at least 4 members (excludes halogenated alkanes) is 1. The highest BCUT2D eigenvalue weighted by Gasteiger charge is 2.42. The number of carbonyl (C=O) groups excluding carboxylic acids is 4. The Kier molecular flexibility index (Phi) is 14.2. The van der Waals surface area contributed by atoms with Gasteiger partial charge in [0.15, 0.2) is 0 Å². The predicted octanol–water partition coefficient (Wildman–Crippen LogP) is 6.60. The highest BCUT2D eigenvalue weighted by molar-refractivity contribution is 5.89. The molecule has 4 saturated heterocycles. The van der Waals surface area contributed by atoms with E-state index in [0.717, 1.165) is 92.8 Å². The minimum atomic E-state index is -0.459. The minimum absolute atomic E-state index is 0.0376. The van der Waals surface area contributed by atoms with Gasteiger partial charge in [-0.2, -0.15) is 0 Å². The van der Waals surface area contributed by atoms with E-state index in [2.05, 4.69) is 43.5 Å². The average molecular weight is 806 g/mol. The lowest BCUT2D eigenvalue weighted by atomic mass is 9.86. The first-order chi connectivity index (χ1) is 28.6. The number of likely N-dealkylation sites (tertiary alicyclic amines) is 3. The zero-order chi connectivity index (χ0) is 41.3. The highest BCUT2D eigenvalue weighted by Crippen LogP contribution is 2.31. The van der Waals surface area contributed by atoms with Crippen LogP contribution in [0.25, 0.3) is 0 Å². The molecule has 4 fully saturated rings. The first-order valence-corrected chi connectivity index (χ1v) is 22.1. The molecule has 5 unspecified atom stereocenters. The number of benzene rings is 3. The first-order valence-electron chi connectivity index (χ1n) is 22.1. The van der Waals surface area contributed by atoms with E-state index in [-0.39, 0.29) is 41.8 Å². The summed E-state index contributed by atoms with van der Waals surface area (Å²) in [5.74, 6) is 2.92. The summed E-state index contributed by atoms with van der Waals surface area (Å²) >= 11 is 0. The number of hydrogen-bond donors (Lipinski definition) is 2. The summed E-state index contributed by atoms with van der Waals surface area (Å²) in [5.41, 5.74) is 3.22. The van der Waals surface area contributed by atoms with Crippen molar-refractivity contribution in [3.05, 3.63) is 89.5 Å². The third-order valence-corrected chi connectivity index (χ3v) is 12.8. The van der Waals surface area contributed by atoms with Crippen molar-refractivity contribution in [2.24, 2.45) is 5.92 Å². The third-order valence-electron chi connectivity index (χ3n) is 12.8. The van der Waals surface area contributed by atoms with Gasteiger partial charge in [-0.3, -0.25) is 19.2 Å². The topological polar surface area (TPSA) is 121 Å². The molecule has 0 saturated carbocycles. The van der Waals surface area contributed by atoms with Crippen molar-refractivity contribution in [1.29, 1.82) is 0 Å². The Bertz CT molecular complexity index is 1920. The second-order valence-electron chi connectivity index (χ2n) is 17.2. The van der Waals surface area contributed by atoms with Crippen molar-refractivity contribution in [2.75, 3.05) is 32.8 Å². The summed E-state index contributed by atoms with van der Waals surface area (Å²) in [6.45, 7) is 9.42. The van der Waals surface area contributed by atoms with Crippen molar-refractivity contribution in [1.82, 2.24) is 25.3 Å². The molecule has 3 aromatic rings. The van der Waals surface area contributed by atoms with Gasteiger partial charge >= 0.3 is 0 Å². The standard InChI is InChI=1S/C48H63N5O6/c1-4-39-19-20-43(53(39)45(54)17-8-9-25-58-40-14-6-5-7-15-40)47(56)50-38-31-51(32-38)48(57)42-29-37(22-23-49-42)27-36-18-21-44(33(2)26-36)59-41-16-10-13-35(28-41)30-46(55)52-24-11-12-34(52)3/h5-7,10,13-16,18,21,26,28,34,37-39,42-43,49H,4,8-9,11-12,17,19-20,22-25,27,29-32H2,1-3H3,(H,50,56). The summed E-state index contributed by atoms with van der Waals surface area (Å²) < 4.78 is 12.1. The van der Waals surface area contributed by atoms with E-state index < -0.39 is 6.04 Å². The lowest BCUT2D eigenvalue weighted by molar-refractivity contribution is -0.143. The van der Waals surface area contributed by atoms with Crippen LogP contribution in [0.2, 0.25) is 0 Å². The van der Waals surface area contributed by atoms with Crippen LogP contribution >= 0.6 is 0 Å². The Morgan fingerprint density at radius 3 is 2.44 bits per heavy atom. The van der Waals surface area contributed by atoms with Gasteiger partial charge in [0, 0.05) is 38.1 Å². The van der Waals surface area contributed by atoms with Crippen molar-refractivity contribution < 1.29 is 28.7 Å². The molecule has 316 valence electrons. The number of amides is 4. The van der Waals surface area contributed by atoms with E-state index in [9.17, 15) is 19.2 Å². The number of ether oxygens (including phenoxy) is 2. The Balaban J connectivity index is 0.837. The Labute approximate surface area is 350 Å². The Morgan fingerprint density at radius 2 is 1.68 bits per heavy atom. The maximum absolute atomic E-state index is 13.6. The Morgan fingerprint density at radius 1 is 0.864 bits per heavy atom. The molecule has 0 aromatic heterocycles. The molecule has 11 heteroatoms. The van der Waals surface area contributed by atoms with Gasteiger partial charge < -0.3 is 34.8 Å². The van der Waals surface area contributed by atoms with Crippen molar-refractivity contribution >= 4 is 23.6 Å². The van der Waals surface area contributed by atoms with E-state index in [1.165, 1.54) is 5.56 Å². The maximum atomic E-state index is 13.6. The summed E-state index contributed by atoms with van der Waals surface area (Å²) in [6.07, 6.45) is 9.38. The van der Waals surface area contributed by atoms with Gasteiger partial charge in [0.25, 0.3) is 0 Å². The second kappa shape index (κ2) is 19.9. The van der Waals surface area contributed by atoms with Gasteiger partial charge in [0.1, 0.15) is 23.3 Å². The largest absolute Gasteiger partial charge is 0.494 e. The molecule has 59 heavy (non-hydrogen) atoms. The normalized spacial score (nSPS) is 23.2. The zero-order valence-electron chi connectivity index (χ0n) is 35.2. The lowest BCUT2D eigenvalue weighted by Crippen LogP contribution is -2.66. The van der Waals surface area contributed by atoms with Gasteiger partial charge in [0.05, 0.1) is 25.1 Å². The molecule has 0 radical (unpaired) electrons. The van der Waals surface area contributed by atoms with Gasteiger partial charge in [-0.05, 0) is 138 Å². The van der Waals surface area contributed by atoms with Crippen LogP contribution in [-0.2, 0) is 32.0 Å². The van der Waals surface area contributed by atoms with Crippen LogP contribution in [0.1, 0.15) is 94.7 Å². The number of hydrogen-bond acceptors (Lipinski definition) is 7. The van der Waals surface area contributed by atoms with E-state index in [1.807, 2.05) is 75.4 Å². The van der Waals surface area contributed by atoms with Crippen LogP contribution in [0.3, 0.4) is 0 Å². The van der Waals surface area contributed by atoms with Crippen LogP contribution in [0, 0.1) is 12.8 Å². The molecular weight excluding hydrogens is 743 g/mol. The molecule has 0 aliphatic carbocycles. The first kappa shape index (κ1) is 42.2. The quantitative estimate of drug-likeness (QED) is 0.157. The summed E-state index contributed by atoms with van der Waals surface area (Å²) in [6, 6.07) is 23.4. The SMILES string of the molecule is CCC1CCC(C(=O)NC2CN(C(=O)C3CC(Cc4ccc(Oc5cccc(CC(=O)N6CCCC6C)c5)c(C)c4)CCN3)C2)N1C(=O)CCCCOc1ccccc1. The van der Waals surface area contributed by atoms with Crippen LogP contribution < -0.4 is 20.1 Å². The number of aryl methyl sites for hydroxylation is 1. The molecule has 5 atom stereocenters. The molecule has 3 aromatic carbocycles. The molecular formula is C48H63N5O6. The number of nitrogens with one attached hydrogen (secondary N) is 2. The van der Waals surface area contributed by atoms with Gasteiger partial charge in [-0.15, -0.1) is 0 Å². The summed E-state index contributed by atoms with van der Waals surface area (Å²) in [5, 5.41) is 6.62. The number of nitrogens with zero attached hydrogens (tertiary/aromatic N) is 3. The smallest absolute Gasteiger partial charge is 0.243 e. The zero-order valence-corrected chi connectivity index (χ0v) is 35.2. The molecule has 7 rings (SSSR count). The Hall–Kier alpha value is -4.90. The number of rotatable bonds is 16. The molecule has 4 aliphatic rings. The molecule has 4 aliphatic heterocycles. The van der Waals surface area contributed by atoms with Crippen molar-refractivity contribution in [3.8, 4) is 17.2 Å². The highest BCUT2D eigenvalue weighted by atomic mass is 16.5. The maximum Gasteiger partial charge on any atom is 0.243 e. The number of para-hydroxylation sites is 1. The average Bonchev–Trinajstić information content (AvgIpc) is 3.87. The molecule has 11 nitrogen and oxygen atoms in total. The van der Waals surface area contributed by atoms with Crippen LogP contribution in [0.4, 0.5) is 0 Å². The molecule has 2 N–H and O–H groups in total. The van der Waals surface area contributed by atoms with E-state index >= 15 is 0 Å². The fourth-order valence-electron chi connectivity index (χ4n) is 9.48. The minimum Gasteiger partial charge on any atom is -0.494 e. The number of carbonyl (C=O) groups is 4. The second-order valence-corrected chi connectivity index (χ2v) is 17.2. The molecule has 4 heterocycles. The predicted molar refractivity (Wildman–Crippen MR) is 228 cm³/mol. The van der Waals surface area contributed by atoms with Gasteiger partial charge in [-0.1, -0.05) is 49.4 Å². The molecule has 0 spiro atoms. The van der Waals surface area contributed by atoms with Gasteiger partial charge in [0.2, 0.25) is 23.6 Å². The number of piperidine rings is 1. The monoisotopic (exact) mass is 805 g/mol. The fourth-order valence-corrected chi connectivity index (χ4v) is 9.48. The lowest BCUT2D eigenvalue weighted by Gasteiger charge is -2.43. The van der Waals surface area contributed by atoms with Crippen LogP contribution in [-0.4, -0.2) is 101 Å².